The minimum atomic E-state index is 0.0542. The summed E-state index contributed by atoms with van der Waals surface area (Å²) >= 11 is 6.30. The molecule has 0 spiro atoms. The van der Waals surface area contributed by atoms with E-state index in [0.717, 1.165) is 32.7 Å². The number of aromatic amines is 1. The van der Waals surface area contributed by atoms with Crippen LogP contribution in [-0.4, -0.2) is 19.9 Å². The topological polar surface area (TPSA) is 66.5 Å². The summed E-state index contributed by atoms with van der Waals surface area (Å²) in [5.41, 5.74) is 2.62. The monoisotopic (exact) mass is 323 g/mol. The van der Waals surface area contributed by atoms with Crippen LogP contribution < -0.4 is 5.32 Å². The summed E-state index contributed by atoms with van der Waals surface area (Å²) in [6.45, 7) is 2.10. The molecule has 4 aromatic rings. The molecule has 0 saturated heterocycles. The molecule has 0 bridgehead atoms. The zero-order valence-electron chi connectivity index (χ0n) is 12.4. The van der Waals surface area contributed by atoms with Gasteiger partial charge >= 0.3 is 0 Å². The van der Waals surface area contributed by atoms with E-state index >= 15 is 0 Å². The third kappa shape index (κ3) is 2.39. The van der Waals surface area contributed by atoms with Crippen LogP contribution in [0.25, 0.3) is 21.9 Å². The van der Waals surface area contributed by atoms with Crippen molar-refractivity contribution in [3.8, 4) is 0 Å². The smallest absolute Gasteiger partial charge is 0.182 e. The maximum Gasteiger partial charge on any atom is 0.182 e. The van der Waals surface area contributed by atoms with E-state index in [9.17, 15) is 0 Å². The number of halogens is 1. The molecule has 2 N–H and O–H groups in total. The van der Waals surface area contributed by atoms with Gasteiger partial charge in [0.05, 0.1) is 12.4 Å². The maximum absolute atomic E-state index is 6.30. The summed E-state index contributed by atoms with van der Waals surface area (Å²) < 4.78 is 0. The van der Waals surface area contributed by atoms with E-state index in [2.05, 4.69) is 38.2 Å². The lowest BCUT2D eigenvalue weighted by molar-refractivity contribution is 0.884. The van der Waals surface area contributed by atoms with Crippen LogP contribution in [0, 0.1) is 0 Å². The first-order chi connectivity index (χ1) is 11.2. The van der Waals surface area contributed by atoms with Gasteiger partial charge in [0.2, 0.25) is 0 Å². The zero-order chi connectivity index (χ0) is 15.8. The van der Waals surface area contributed by atoms with Crippen molar-refractivity contribution < 1.29 is 0 Å². The molecule has 0 aliphatic rings. The second-order valence-electron chi connectivity index (χ2n) is 5.37. The molecular formula is C17H14ClN5. The Morgan fingerprint density at radius 2 is 1.87 bits per heavy atom. The predicted molar refractivity (Wildman–Crippen MR) is 92.7 cm³/mol. The number of rotatable bonds is 3. The second kappa shape index (κ2) is 5.52. The van der Waals surface area contributed by atoms with Crippen LogP contribution >= 0.6 is 11.6 Å². The Labute approximate surface area is 137 Å². The van der Waals surface area contributed by atoms with Crippen LogP contribution in [0.1, 0.15) is 18.5 Å². The third-order valence-corrected chi connectivity index (χ3v) is 4.28. The van der Waals surface area contributed by atoms with Crippen LogP contribution in [0.4, 0.5) is 5.82 Å². The van der Waals surface area contributed by atoms with Crippen molar-refractivity contribution in [2.75, 3.05) is 5.32 Å². The highest BCUT2D eigenvalue weighted by atomic mass is 35.5. The van der Waals surface area contributed by atoms with E-state index in [1.165, 1.54) is 6.33 Å². The van der Waals surface area contributed by atoms with E-state index < -0.39 is 0 Å². The van der Waals surface area contributed by atoms with Crippen LogP contribution in [-0.2, 0) is 0 Å². The van der Waals surface area contributed by atoms with Gasteiger partial charge in [0.25, 0.3) is 0 Å². The molecule has 0 aliphatic carbocycles. The molecule has 1 unspecified atom stereocenters. The summed E-state index contributed by atoms with van der Waals surface area (Å²) in [5.74, 6) is 0.735. The molecule has 0 radical (unpaired) electrons. The number of hydrogen-bond acceptors (Lipinski definition) is 4. The van der Waals surface area contributed by atoms with Crippen LogP contribution in [0.15, 0.2) is 49.1 Å². The highest BCUT2D eigenvalue weighted by Crippen LogP contribution is 2.31. The molecule has 2 aromatic heterocycles. The standard InChI is InChI=1S/C17H14ClN5/c1-10(23-17-15-16(20-8-19-15)21-9-22-17)11-6-7-14(18)13-5-3-2-4-12(11)13/h2-10H,1H3,(H2,19,20,21,22,23). The van der Waals surface area contributed by atoms with Gasteiger partial charge in [-0.2, -0.15) is 0 Å². The molecule has 2 heterocycles. The summed E-state index contributed by atoms with van der Waals surface area (Å²) in [6.07, 6.45) is 3.13. The molecule has 5 nitrogen and oxygen atoms in total. The Balaban J connectivity index is 1.77. The number of hydrogen-bond donors (Lipinski definition) is 2. The summed E-state index contributed by atoms with van der Waals surface area (Å²) in [7, 11) is 0. The molecule has 4 rings (SSSR count). The Hall–Kier alpha value is -2.66. The van der Waals surface area contributed by atoms with Crippen molar-refractivity contribution in [1.82, 2.24) is 19.9 Å². The van der Waals surface area contributed by atoms with Crippen LogP contribution in [0.2, 0.25) is 5.02 Å². The number of aromatic nitrogens is 4. The zero-order valence-corrected chi connectivity index (χ0v) is 13.2. The second-order valence-corrected chi connectivity index (χ2v) is 5.78. The first-order valence-electron chi connectivity index (χ1n) is 7.32. The average molecular weight is 324 g/mol. The van der Waals surface area contributed by atoms with Gasteiger partial charge < -0.3 is 10.3 Å². The van der Waals surface area contributed by atoms with Crippen molar-refractivity contribution >= 4 is 39.4 Å². The van der Waals surface area contributed by atoms with Gasteiger partial charge in [-0.25, -0.2) is 15.0 Å². The minimum absolute atomic E-state index is 0.0542. The van der Waals surface area contributed by atoms with Crippen molar-refractivity contribution in [2.24, 2.45) is 0 Å². The number of benzene rings is 2. The number of fused-ring (bicyclic) bond motifs is 2. The Morgan fingerprint density at radius 3 is 2.74 bits per heavy atom. The van der Waals surface area contributed by atoms with Crippen molar-refractivity contribution in [3.05, 3.63) is 59.6 Å². The van der Waals surface area contributed by atoms with Gasteiger partial charge in [-0.15, -0.1) is 0 Å². The van der Waals surface area contributed by atoms with Gasteiger partial charge in [0.15, 0.2) is 11.5 Å². The number of nitrogens with zero attached hydrogens (tertiary/aromatic N) is 3. The number of nitrogens with one attached hydrogen (secondary N) is 2. The van der Waals surface area contributed by atoms with Crippen LogP contribution in [0.5, 0.6) is 0 Å². The first kappa shape index (κ1) is 14.0. The number of anilines is 1. The summed E-state index contributed by atoms with van der Waals surface area (Å²) in [6, 6.07) is 12.2. The fourth-order valence-corrected chi connectivity index (χ4v) is 3.05. The van der Waals surface area contributed by atoms with E-state index in [-0.39, 0.29) is 6.04 Å². The lowest BCUT2D eigenvalue weighted by atomic mass is 9.99. The van der Waals surface area contributed by atoms with Crippen molar-refractivity contribution in [2.45, 2.75) is 13.0 Å². The molecule has 23 heavy (non-hydrogen) atoms. The number of H-pyrrole nitrogens is 1. The quantitative estimate of drug-likeness (QED) is 0.589. The first-order valence-corrected chi connectivity index (χ1v) is 7.69. The Morgan fingerprint density at radius 1 is 1.04 bits per heavy atom. The lowest BCUT2D eigenvalue weighted by Crippen LogP contribution is -2.09. The van der Waals surface area contributed by atoms with E-state index in [4.69, 9.17) is 11.6 Å². The minimum Gasteiger partial charge on any atom is -0.362 e. The van der Waals surface area contributed by atoms with Gasteiger partial charge in [-0.1, -0.05) is 41.9 Å². The maximum atomic E-state index is 6.30. The Bertz CT molecular complexity index is 995. The van der Waals surface area contributed by atoms with E-state index in [1.807, 2.05) is 30.3 Å². The largest absolute Gasteiger partial charge is 0.362 e. The normalized spacial score (nSPS) is 12.6. The van der Waals surface area contributed by atoms with Crippen LogP contribution in [0.3, 0.4) is 0 Å². The highest BCUT2D eigenvalue weighted by Gasteiger charge is 2.14. The molecule has 0 aliphatic heterocycles. The molecule has 0 saturated carbocycles. The van der Waals surface area contributed by atoms with Gasteiger partial charge in [0, 0.05) is 10.4 Å². The average Bonchev–Trinajstić information content (AvgIpc) is 3.05. The molecule has 0 fully saturated rings. The van der Waals surface area contributed by atoms with Crippen molar-refractivity contribution in [1.29, 1.82) is 0 Å². The van der Waals surface area contributed by atoms with E-state index in [0.29, 0.717) is 5.65 Å². The highest BCUT2D eigenvalue weighted by molar-refractivity contribution is 6.35. The molecule has 1 atom stereocenters. The molecule has 114 valence electrons. The fraction of sp³-hybridized carbons (Fsp3) is 0.118. The molecule has 0 amide bonds. The van der Waals surface area contributed by atoms with E-state index in [1.54, 1.807) is 6.33 Å². The molecule has 6 heteroatoms. The Kier molecular flexibility index (Phi) is 3.35. The van der Waals surface area contributed by atoms with Gasteiger partial charge in [-0.05, 0) is 23.9 Å². The summed E-state index contributed by atoms with van der Waals surface area (Å²) in [4.78, 5) is 15.7. The summed E-state index contributed by atoms with van der Waals surface area (Å²) in [5, 5.41) is 6.38. The number of imidazole rings is 1. The van der Waals surface area contributed by atoms with Gasteiger partial charge in [-0.3, -0.25) is 0 Å². The predicted octanol–water partition coefficient (Wildman–Crippen LogP) is 4.33. The SMILES string of the molecule is CC(Nc1ncnc2nc[nH]c12)c1ccc(Cl)c2ccccc12. The third-order valence-electron chi connectivity index (χ3n) is 3.95. The fourth-order valence-electron chi connectivity index (χ4n) is 2.82. The lowest BCUT2D eigenvalue weighted by Gasteiger charge is -2.18. The van der Waals surface area contributed by atoms with Gasteiger partial charge in [0.1, 0.15) is 11.8 Å². The molecular weight excluding hydrogens is 310 g/mol. The molecule has 2 aromatic carbocycles. The van der Waals surface area contributed by atoms with Crippen molar-refractivity contribution in [3.63, 3.8) is 0 Å².